The van der Waals surface area contributed by atoms with Crippen molar-refractivity contribution in [2.75, 3.05) is 12.8 Å². The molecule has 0 amide bonds. The normalized spacial score (nSPS) is 11.0. The van der Waals surface area contributed by atoms with Crippen LogP contribution in [0.5, 0.6) is 11.5 Å². The van der Waals surface area contributed by atoms with Gasteiger partial charge in [0.05, 0.1) is 40.7 Å². The number of aromatic nitrogens is 6. The van der Waals surface area contributed by atoms with Gasteiger partial charge in [-0.1, -0.05) is 35.3 Å². The molecule has 0 radical (unpaired) electrons. The Labute approximate surface area is 175 Å². The molecule has 0 bridgehead atoms. The molecule has 2 aromatic heterocycles. The van der Waals surface area contributed by atoms with E-state index < -0.39 is 0 Å². The fraction of sp³-hybridized carbons (Fsp3) is 0.167. The summed E-state index contributed by atoms with van der Waals surface area (Å²) in [7, 11) is 3.21. The monoisotopic (exact) mass is 431 g/mol. The number of fused-ring (bicyclic) bond motifs is 1. The summed E-state index contributed by atoms with van der Waals surface area (Å²) in [5, 5.41) is 13.1. The molecule has 0 saturated heterocycles. The molecule has 0 unspecified atom stereocenters. The molecule has 0 aliphatic rings. The van der Waals surface area contributed by atoms with Crippen molar-refractivity contribution in [3.05, 3.63) is 46.5 Å². The molecule has 11 heteroatoms. The van der Waals surface area contributed by atoms with E-state index in [0.717, 1.165) is 0 Å². The van der Waals surface area contributed by atoms with Gasteiger partial charge in [0.2, 0.25) is 5.82 Å². The van der Waals surface area contributed by atoms with E-state index in [1.807, 2.05) is 6.07 Å². The van der Waals surface area contributed by atoms with E-state index in [2.05, 4.69) is 25.4 Å². The van der Waals surface area contributed by atoms with Gasteiger partial charge in [-0.05, 0) is 11.3 Å². The van der Waals surface area contributed by atoms with Crippen LogP contribution in [0.2, 0.25) is 10.0 Å². The zero-order valence-corrected chi connectivity index (χ0v) is 16.9. The predicted molar refractivity (Wildman–Crippen MR) is 109 cm³/mol. The molecule has 0 atom stereocenters. The summed E-state index contributed by atoms with van der Waals surface area (Å²) in [6.45, 7) is 0.0810. The molecule has 0 fully saturated rings. The highest BCUT2D eigenvalue weighted by molar-refractivity contribution is 6.44. The summed E-state index contributed by atoms with van der Waals surface area (Å²) >= 11 is 12.7. The van der Waals surface area contributed by atoms with Gasteiger partial charge in [-0.25, -0.2) is 9.97 Å². The fourth-order valence-corrected chi connectivity index (χ4v) is 3.36. The smallest absolute Gasteiger partial charge is 0.212 e. The minimum Gasteiger partial charge on any atom is -0.496 e. The van der Waals surface area contributed by atoms with E-state index in [1.54, 1.807) is 32.4 Å². The minimum absolute atomic E-state index is 0.0810. The highest BCUT2D eigenvalue weighted by Crippen LogP contribution is 2.46. The number of nitrogens with zero attached hydrogens (tertiary/aromatic N) is 6. The third-order valence-electron chi connectivity index (χ3n) is 4.22. The van der Waals surface area contributed by atoms with Gasteiger partial charge in [0.1, 0.15) is 23.6 Å². The van der Waals surface area contributed by atoms with Crippen LogP contribution in [0.4, 0.5) is 5.82 Å². The van der Waals surface area contributed by atoms with E-state index >= 15 is 0 Å². The average Bonchev–Trinajstić information content (AvgIpc) is 3.13. The summed E-state index contributed by atoms with van der Waals surface area (Å²) in [6, 6.07) is 7.03. The third-order valence-corrected chi connectivity index (χ3v) is 5.03. The summed E-state index contributed by atoms with van der Waals surface area (Å²) < 4.78 is 11.5. The Morgan fingerprint density at radius 1 is 1.17 bits per heavy atom. The largest absolute Gasteiger partial charge is 0.496 e. The molecule has 9 nitrogen and oxygen atoms in total. The van der Waals surface area contributed by atoms with Crippen molar-refractivity contribution in [1.82, 2.24) is 30.2 Å². The Morgan fingerprint density at radius 2 is 2.00 bits per heavy atom. The quantitative estimate of drug-likeness (QED) is 0.511. The topological polar surface area (TPSA) is 114 Å². The molecule has 2 heterocycles. The number of benzene rings is 2. The maximum Gasteiger partial charge on any atom is 0.212 e. The minimum atomic E-state index is 0.0810. The van der Waals surface area contributed by atoms with Crippen molar-refractivity contribution in [1.29, 1.82) is 0 Å². The molecule has 29 heavy (non-hydrogen) atoms. The molecular weight excluding hydrogens is 417 g/mol. The number of nitrogen functional groups attached to an aromatic ring is 1. The first kappa shape index (κ1) is 19.2. The van der Waals surface area contributed by atoms with Gasteiger partial charge in [-0.3, -0.25) is 0 Å². The van der Waals surface area contributed by atoms with Crippen LogP contribution < -0.4 is 15.2 Å². The van der Waals surface area contributed by atoms with Crippen molar-refractivity contribution in [2.24, 2.45) is 7.05 Å². The molecule has 0 saturated carbocycles. The van der Waals surface area contributed by atoms with Crippen molar-refractivity contribution in [3.8, 4) is 22.6 Å². The highest BCUT2D eigenvalue weighted by atomic mass is 35.5. The standard InChI is InChI=1S/C18H15Cl2N7O2/c1-27-25-13(24-26-27)7-29-12-6-11(28-2)14(9-4-3-5-10(19)16(9)20)17-15(12)18(21)23-8-22-17/h3-6,8H,7H2,1-2H3,(H2,21,22,23). The van der Waals surface area contributed by atoms with Crippen molar-refractivity contribution in [3.63, 3.8) is 0 Å². The summed E-state index contributed by atoms with van der Waals surface area (Å²) in [6.07, 6.45) is 1.37. The van der Waals surface area contributed by atoms with Gasteiger partial charge in [0.15, 0.2) is 6.61 Å². The molecule has 0 aliphatic carbocycles. The third kappa shape index (κ3) is 3.50. The van der Waals surface area contributed by atoms with Gasteiger partial charge in [0, 0.05) is 11.6 Å². The second-order valence-electron chi connectivity index (χ2n) is 6.02. The molecular formula is C18H15Cl2N7O2. The highest BCUT2D eigenvalue weighted by Gasteiger charge is 2.22. The number of halogens is 2. The van der Waals surface area contributed by atoms with Crippen LogP contribution in [0.3, 0.4) is 0 Å². The van der Waals surface area contributed by atoms with Crippen molar-refractivity contribution in [2.45, 2.75) is 6.61 Å². The van der Waals surface area contributed by atoms with Crippen LogP contribution in [-0.2, 0) is 13.7 Å². The van der Waals surface area contributed by atoms with Crippen LogP contribution in [0, 0.1) is 0 Å². The molecule has 2 N–H and O–H groups in total. The van der Waals surface area contributed by atoms with E-state index in [0.29, 0.717) is 49.4 Å². The first-order chi connectivity index (χ1) is 14.0. The Kier molecular flexibility index (Phi) is 5.08. The van der Waals surface area contributed by atoms with Crippen LogP contribution in [-0.4, -0.2) is 37.3 Å². The summed E-state index contributed by atoms with van der Waals surface area (Å²) in [5.41, 5.74) is 7.96. The number of methoxy groups -OCH3 is 1. The van der Waals surface area contributed by atoms with E-state index in [4.69, 9.17) is 38.4 Å². The number of anilines is 1. The molecule has 0 aliphatic heterocycles. The van der Waals surface area contributed by atoms with Crippen molar-refractivity contribution >= 4 is 39.9 Å². The fourth-order valence-electron chi connectivity index (χ4n) is 2.97. The Balaban J connectivity index is 1.92. The summed E-state index contributed by atoms with van der Waals surface area (Å²) in [5.74, 6) is 1.57. The van der Waals surface area contributed by atoms with Gasteiger partial charge in [0.25, 0.3) is 0 Å². The lowest BCUT2D eigenvalue weighted by atomic mass is 10.00. The molecule has 0 spiro atoms. The molecule has 148 valence electrons. The van der Waals surface area contributed by atoms with E-state index in [9.17, 15) is 0 Å². The number of nitrogens with two attached hydrogens (primary N) is 1. The molecule has 4 rings (SSSR count). The van der Waals surface area contributed by atoms with Gasteiger partial charge in [-0.15, -0.1) is 10.2 Å². The number of ether oxygens (including phenoxy) is 2. The zero-order chi connectivity index (χ0) is 20.5. The van der Waals surface area contributed by atoms with Gasteiger partial charge >= 0.3 is 0 Å². The van der Waals surface area contributed by atoms with E-state index in [-0.39, 0.29) is 12.4 Å². The first-order valence-electron chi connectivity index (χ1n) is 8.40. The Hall–Kier alpha value is -3.17. The lowest BCUT2D eigenvalue weighted by Crippen LogP contribution is -2.03. The second-order valence-corrected chi connectivity index (χ2v) is 6.80. The van der Waals surface area contributed by atoms with Crippen LogP contribution in [0.15, 0.2) is 30.6 Å². The van der Waals surface area contributed by atoms with Crippen LogP contribution in [0.1, 0.15) is 5.82 Å². The maximum absolute atomic E-state index is 6.46. The second kappa shape index (κ2) is 7.69. The predicted octanol–water partition coefficient (Wildman–Crippen LogP) is 3.30. The Morgan fingerprint density at radius 3 is 2.72 bits per heavy atom. The molecule has 2 aromatic carbocycles. The van der Waals surface area contributed by atoms with E-state index in [1.165, 1.54) is 11.1 Å². The van der Waals surface area contributed by atoms with Gasteiger partial charge in [-0.2, -0.15) is 4.80 Å². The Bertz CT molecular complexity index is 1210. The average molecular weight is 432 g/mol. The van der Waals surface area contributed by atoms with Crippen LogP contribution in [0.25, 0.3) is 22.0 Å². The van der Waals surface area contributed by atoms with Crippen molar-refractivity contribution < 1.29 is 9.47 Å². The van der Waals surface area contributed by atoms with Crippen LogP contribution >= 0.6 is 23.2 Å². The number of hydrogen-bond donors (Lipinski definition) is 1. The number of aryl methyl sites for hydroxylation is 1. The van der Waals surface area contributed by atoms with Gasteiger partial charge < -0.3 is 15.2 Å². The zero-order valence-electron chi connectivity index (χ0n) is 15.4. The number of rotatable bonds is 5. The lowest BCUT2D eigenvalue weighted by molar-refractivity contribution is 0.297. The maximum atomic E-state index is 6.46. The number of hydrogen-bond acceptors (Lipinski definition) is 8. The first-order valence-corrected chi connectivity index (χ1v) is 9.16. The lowest BCUT2D eigenvalue weighted by Gasteiger charge is -2.17. The SMILES string of the molecule is COc1cc(OCc2nnn(C)n2)c2c(N)ncnc2c1-c1cccc(Cl)c1Cl. The number of tetrazole rings is 1. The molecule has 4 aromatic rings. The summed E-state index contributed by atoms with van der Waals surface area (Å²) in [4.78, 5) is 9.86.